The van der Waals surface area contributed by atoms with Crippen molar-refractivity contribution in [3.05, 3.63) is 110 Å². The van der Waals surface area contributed by atoms with E-state index in [1.165, 1.54) is 17.0 Å². The summed E-state index contributed by atoms with van der Waals surface area (Å²) >= 11 is 9.29. The van der Waals surface area contributed by atoms with Crippen LogP contribution in [-0.2, 0) is 4.79 Å². The molecule has 6 nitrogen and oxygen atoms in total. The highest BCUT2D eigenvalue weighted by Gasteiger charge is 2.09. The highest BCUT2D eigenvalue weighted by molar-refractivity contribution is 9.10. The van der Waals surface area contributed by atoms with Gasteiger partial charge in [0.1, 0.15) is 11.6 Å². The van der Waals surface area contributed by atoms with Crippen molar-refractivity contribution in [1.82, 2.24) is 9.66 Å². The third-order valence-corrected chi connectivity index (χ3v) is 5.44. The molecule has 1 aromatic heterocycles. The maximum atomic E-state index is 12.8. The summed E-state index contributed by atoms with van der Waals surface area (Å²) in [4.78, 5) is 29.6. The summed E-state index contributed by atoms with van der Waals surface area (Å²) in [5.41, 5.74) is 1.65. The lowest BCUT2D eigenvalue weighted by molar-refractivity contribution is -0.128. The average Bonchev–Trinajstić information content (AvgIpc) is 2.80. The summed E-state index contributed by atoms with van der Waals surface area (Å²) in [6.45, 7) is 1.70. The molecule has 0 aliphatic carbocycles. The second-order valence-corrected chi connectivity index (χ2v) is 8.38. The first-order valence-electron chi connectivity index (χ1n) is 9.88. The topological polar surface area (TPSA) is 73.6 Å². The molecule has 164 valence electrons. The fourth-order valence-electron chi connectivity index (χ4n) is 3.08. The minimum Gasteiger partial charge on any atom is -0.423 e. The maximum absolute atomic E-state index is 12.8. The molecule has 0 fully saturated rings. The number of halogens is 2. The molecule has 0 atom stereocenters. The number of carbonyl (C=O) groups is 1. The number of fused-ring (bicyclic) bond motifs is 1. The van der Waals surface area contributed by atoms with E-state index in [0.717, 1.165) is 10.0 Å². The summed E-state index contributed by atoms with van der Waals surface area (Å²) in [6.07, 6.45) is 4.42. The first kappa shape index (κ1) is 22.6. The number of benzene rings is 3. The van der Waals surface area contributed by atoms with Gasteiger partial charge in [0.15, 0.2) is 0 Å². The molecule has 0 aliphatic rings. The normalized spacial score (nSPS) is 11.5. The second kappa shape index (κ2) is 9.94. The number of ether oxygens (including phenoxy) is 1. The quantitative estimate of drug-likeness (QED) is 0.148. The maximum Gasteiger partial charge on any atom is 0.336 e. The van der Waals surface area contributed by atoms with Crippen molar-refractivity contribution in [3.63, 3.8) is 0 Å². The number of aryl methyl sites for hydroxylation is 1. The Kier molecular flexibility index (Phi) is 6.82. The number of aromatic nitrogens is 2. The van der Waals surface area contributed by atoms with Crippen molar-refractivity contribution in [2.24, 2.45) is 5.10 Å². The number of esters is 1. The van der Waals surface area contributed by atoms with Gasteiger partial charge >= 0.3 is 5.97 Å². The van der Waals surface area contributed by atoms with E-state index in [4.69, 9.17) is 16.3 Å². The standard InChI is InChI=1S/C25H17BrClN3O3/c1-16-29-22-5-3-2-4-21(22)25(32)30(16)28-15-18-14-19(26)9-12-23(18)33-24(31)13-8-17-6-10-20(27)11-7-17/h2-15H,1H3/b13-8+,28-15?. The molecule has 4 aromatic rings. The van der Waals surface area contributed by atoms with Gasteiger partial charge in [0.25, 0.3) is 5.56 Å². The highest BCUT2D eigenvalue weighted by Crippen LogP contribution is 2.22. The van der Waals surface area contributed by atoms with Crippen molar-refractivity contribution in [3.8, 4) is 5.75 Å². The number of para-hydroxylation sites is 1. The molecule has 0 N–H and O–H groups in total. The minimum atomic E-state index is -0.553. The van der Waals surface area contributed by atoms with E-state index >= 15 is 0 Å². The Morgan fingerprint density at radius 1 is 1.12 bits per heavy atom. The van der Waals surface area contributed by atoms with E-state index in [1.807, 2.05) is 6.07 Å². The van der Waals surface area contributed by atoms with Crippen molar-refractivity contribution < 1.29 is 9.53 Å². The van der Waals surface area contributed by atoms with Crippen LogP contribution in [0.4, 0.5) is 0 Å². The predicted octanol–water partition coefficient (Wildman–Crippen LogP) is 5.62. The largest absolute Gasteiger partial charge is 0.423 e. The number of nitrogens with zero attached hydrogens (tertiary/aromatic N) is 3. The van der Waals surface area contributed by atoms with Gasteiger partial charge in [-0.05, 0) is 61.0 Å². The molecule has 0 saturated carbocycles. The molecular formula is C25H17BrClN3O3. The van der Waals surface area contributed by atoms with Crippen LogP contribution in [0, 0.1) is 6.92 Å². The molecule has 0 radical (unpaired) electrons. The van der Waals surface area contributed by atoms with Crippen LogP contribution in [0.3, 0.4) is 0 Å². The van der Waals surface area contributed by atoms with Crippen LogP contribution >= 0.6 is 27.5 Å². The average molecular weight is 523 g/mol. The number of carbonyl (C=O) groups excluding carboxylic acids is 1. The van der Waals surface area contributed by atoms with Crippen LogP contribution in [0.5, 0.6) is 5.75 Å². The molecule has 0 saturated heterocycles. The number of rotatable bonds is 5. The van der Waals surface area contributed by atoms with Gasteiger partial charge in [0, 0.05) is 21.1 Å². The fourth-order valence-corrected chi connectivity index (χ4v) is 3.59. The van der Waals surface area contributed by atoms with Crippen LogP contribution in [-0.4, -0.2) is 21.8 Å². The molecular weight excluding hydrogens is 506 g/mol. The molecule has 0 amide bonds. The van der Waals surface area contributed by atoms with E-state index in [1.54, 1.807) is 73.7 Å². The molecule has 3 aromatic carbocycles. The first-order chi connectivity index (χ1) is 15.9. The van der Waals surface area contributed by atoms with Crippen LogP contribution in [0.1, 0.15) is 17.0 Å². The second-order valence-electron chi connectivity index (χ2n) is 7.03. The Morgan fingerprint density at radius 2 is 1.88 bits per heavy atom. The van der Waals surface area contributed by atoms with Crippen LogP contribution in [0.2, 0.25) is 5.02 Å². The summed E-state index contributed by atoms with van der Waals surface area (Å²) in [7, 11) is 0. The lowest BCUT2D eigenvalue weighted by Crippen LogP contribution is -2.20. The van der Waals surface area contributed by atoms with Gasteiger partial charge in [0.2, 0.25) is 0 Å². The predicted molar refractivity (Wildman–Crippen MR) is 134 cm³/mol. The lowest BCUT2D eigenvalue weighted by Gasteiger charge is -2.08. The van der Waals surface area contributed by atoms with Crippen molar-refractivity contribution in [2.75, 3.05) is 0 Å². The summed E-state index contributed by atoms with van der Waals surface area (Å²) < 4.78 is 7.48. The van der Waals surface area contributed by atoms with Crippen LogP contribution in [0.25, 0.3) is 17.0 Å². The van der Waals surface area contributed by atoms with E-state index in [2.05, 4.69) is 26.0 Å². The number of hydrogen-bond donors (Lipinski definition) is 0. The number of hydrogen-bond acceptors (Lipinski definition) is 5. The van der Waals surface area contributed by atoms with Gasteiger partial charge < -0.3 is 4.74 Å². The molecule has 0 aliphatic heterocycles. The third kappa shape index (κ3) is 5.45. The van der Waals surface area contributed by atoms with E-state index < -0.39 is 5.97 Å². The van der Waals surface area contributed by atoms with Crippen LogP contribution in [0.15, 0.2) is 87.2 Å². The minimum absolute atomic E-state index is 0.284. The lowest BCUT2D eigenvalue weighted by atomic mass is 10.2. The van der Waals surface area contributed by atoms with Gasteiger partial charge in [-0.15, -0.1) is 0 Å². The zero-order valence-electron chi connectivity index (χ0n) is 17.4. The molecule has 8 heteroatoms. The molecule has 33 heavy (non-hydrogen) atoms. The smallest absolute Gasteiger partial charge is 0.336 e. The van der Waals surface area contributed by atoms with E-state index in [0.29, 0.717) is 33.1 Å². The van der Waals surface area contributed by atoms with Gasteiger partial charge in [0.05, 0.1) is 17.1 Å². The molecule has 0 bridgehead atoms. The monoisotopic (exact) mass is 521 g/mol. The van der Waals surface area contributed by atoms with E-state index in [-0.39, 0.29) is 5.56 Å². The Balaban J connectivity index is 1.61. The zero-order chi connectivity index (χ0) is 23.4. The summed E-state index contributed by atoms with van der Waals surface area (Å²) in [5.74, 6) is 0.184. The first-order valence-corrected chi connectivity index (χ1v) is 11.1. The summed E-state index contributed by atoms with van der Waals surface area (Å²) in [6, 6.07) is 19.3. The molecule has 1 heterocycles. The third-order valence-electron chi connectivity index (χ3n) is 4.69. The van der Waals surface area contributed by atoms with E-state index in [9.17, 15) is 9.59 Å². The van der Waals surface area contributed by atoms with Crippen LogP contribution < -0.4 is 10.3 Å². The van der Waals surface area contributed by atoms with Gasteiger partial charge in [-0.3, -0.25) is 4.79 Å². The molecule has 0 unspecified atom stereocenters. The Hall–Kier alpha value is -3.55. The molecule has 4 rings (SSSR count). The Labute approximate surface area is 202 Å². The Bertz CT molecular complexity index is 1460. The van der Waals surface area contributed by atoms with Crippen molar-refractivity contribution >= 4 is 56.7 Å². The SMILES string of the molecule is Cc1nc2ccccc2c(=O)n1N=Cc1cc(Br)ccc1OC(=O)/C=C/c1ccc(Cl)cc1. The zero-order valence-corrected chi connectivity index (χ0v) is 19.7. The Morgan fingerprint density at radius 3 is 2.67 bits per heavy atom. The van der Waals surface area contributed by atoms with Gasteiger partial charge in [-0.2, -0.15) is 9.78 Å². The van der Waals surface area contributed by atoms with Crippen molar-refractivity contribution in [2.45, 2.75) is 6.92 Å². The van der Waals surface area contributed by atoms with Crippen molar-refractivity contribution in [1.29, 1.82) is 0 Å². The molecule has 0 spiro atoms. The van der Waals surface area contributed by atoms with Gasteiger partial charge in [-0.25, -0.2) is 9.78 Å². The summed E-state index contributed by atoms with van der Waals surface area (Å²) in [5, 5.41) is 5.39. The highest BCUT2D eigenvalue weighted by atomic mass is 79.9. The van der Waals surface area contributed by atoms with Gasteiger partial charge in [-0.1, -0.05) is 51.8 Å². The fraction of sp³-hybridized carbons (Fsp3) is 0.0400.